The highest BCUT2D eigenvalue weighted by Crippen LogP contribution is 2.08. The summed E-state index contributed by atoms with van der Waals surface area (Å²) in [5, 5.41) is 3.19. The molecule has 0 saturated carbocycles. The van der Waals surface area contributed by atoms with Crippen LogP contribution in [-0.2, 0) is 13.0 Å². The van der Waals surface area contributed by atoms with Crippen LogP contribution in [0.2, 0.25) is 0 Å². The van der Waals surface area contributed by atoms with Crippen LogP contribution in [0.25, 0.3) is 0 Å². The van der Waals surface area contributed by atoms with Gasteiger partial charge in [0.05, 0.1) is 3.57 Å². The van der Waals surface area contributed by atoms with E-state index in [4.69, 9.17) is 0 Å². The molecule has 0 saturated heterocycles. The van der Waals surface area contributed by atoms with Crippen LogP contribution in [0, 0.1) is 3.57 Å². The molecule has 0 bridgehead atoms. The molecule has 1 aromatic rings. The fraction of sp³-hybridized carbons (Fsp3) is 0.375. The topological polar surface area (TPSA) is 44.9 Å². The predicted octanol–water partition coefficient (Wildman–Crippen LogP) is 0.625. The SMILES string of the molecule is O=c1c(I)c[nH]c2c1CNCC2. The number of hydrogen-bond donors (Lipinski definition) is 2. The van der Waals surface area contributed by atoms with Crippen LogP contribution in [-0.4, -0.2) is 11.5 Å². The van der Waals surface area contributed by atoms with Gasteiger partial charge in [0, 0.05) is 37.0 Å². The lowest BCUT2D eigenvalue weighted by Crippen LogP contribution is -2.30. The third-order valence-electron chi connectivity index (χ3n) is 2.08. The summed E-state index contributed by atoms with van der Waals surface area (Å²) < 4.78 is 0.773. The smallest absolute Gasteiger partial charge is 0.199 e. The number of fused-ring (bicyclic) bond motifs is 1. The van der Waals surface area contributed by atoms with Gasteiger partial charge in [0.25, 0.3) is 0 Å². The second kappa shape index (κ2) is 3.18. The van der Waals surface area contributed by atoms with E-state index < -0.39 is 0 Å². The predicted molar refractivity (Wildman–Crippen MR) is 55.2 cm³/mol. The fourth-order valence-electron chi connectivity index (χ4n) is 1.42. The van der Waals surface area contributed by atoms with E-state index in [1.165, 1.54) is 0 Å². The molecular formula is C8H9IN2O. The molecular weight excluding hydrogens is 267 g/mol. The van der Waals surface area contributed by atoms with Gasteiger partial charge in [-0.05, 0) is 22.6 Å². The minimum Gasteiger partial charge on any atom is -0.363 e. The van der Waals surface area contributed by atoms with Crippen molar-refractivity contribution >= 4 is 22.6 Å². The number of H-pyrrole nitrogens is 1. The van der Waals surface area contributed by atoms with Crippen molar-refractivity contribution in [2.24, 2.45) is 0 Å². The van der Waals surface area contributed by atoms with Gasteiger partial charge in [-0.2, -0.15) is 0 Å². The molecule has 0 aliphatic carbocycles. The third kappa shape index (κ3) is 1.29. The lowest BCUT2D eigenvalue weighted by Gasteiger charge is -2.15. The molecule has 12 heavy (non-hydrogen) atoms. The monoisotopic (exact) mass is 276 g/mol. The van der Waals surface area contributed by atoms with Crippen molar-refractivity contribution in [3.63, 3.8) is 0 Å². The summed E-state index contributed by atoms with van der Waals surface area (Å²) in [4.78, 5) is 14.7. The molecule has 2 rings (SSSR count). The Labute approximate surface area is 83.7 Å². The van der Waals surface area contributed by atoms with Crippen molar-refractivity contribution in [2.45, 2.75) is 13.0 Å². The zero-order valence-electron chi connectivity index (χ0n) is 6.48. The summed E-state index contributed by atoms with van der Waals surface area (Å²) in [5.74, 6) is 0. The number of hydrogen-bond acceptors (Lipinski definition) is 2. The van der Waals surface area contributed by atoms with E-state index >= 15 is 0 Å². The Hall–Kier alpha value is -0.360. The zero-order chi connectivity index (χ0) is 8.55. The second-order valence-corrected chi connectivity index (χ2v) is 4.01. The summed E-state index contributed by atoms with van der Waals surface area (Å²) in [6.07, 6.45) is 2.72. The first-order chi connectivity index (χ1) is 5.79. The maximum atomic E-state index is 11.5. The number of halogens is 1. The third-order valence-corrected chi connectivity index (χ3v) is 2.88. The van der Waals surface area contributed by atoms with Gasteiger partial charge >= 0.3 is 0 Å². The van der Waals surface area contributed by atoms with Crippen LogP contribution >= 0.6 is 22.6 Å². The van der Waals surface area contributed by atoms with Crippen LogP contribution in [0.5, 0.6) is 0 Å². The average Bonchev–Trinajstić information content (AvgIpc) is 2.12. The highest BCUT2D eigenvalue weighted by molar-refractivity contribution is 14.1. The Morgan fingerprint density at radius 3 is 3.17 bits per heavy atom. The van der Waals surface area contributed by atoms with Crippen LogP contribution in [0.3, 0.4) is 0 Å². The van der Waals surface area contributed by atoms with E-state index in [0.717, 1.165) is 27.8 Å². The van der Waals surface area contributed by atoms with Crippen LogP contribution in [0.15, 0.2) is 11.0 Å². The molecule has 0 spiro atoms. The highest BCUT2D eigenvalue weighted by atomic mass is 127. The second-order valence-electron chi connectivity index (χ2n) is 2.85. The first-order valence-electron chi connectivity index (χ1n) is 3.88. The summed E-state index contributed by atoms with van der Waals surface area (Å²) in [5.41, 5.74) is 2.18. The summed E-state index contributed by atoms with van der Waals surface area (Å²) in [7, 11) is 0. The van der Waals surface area contributed by atoms with Gasteiger partial charge in [-0.1, -0.05) is 0 Å². The number of rotatable bonds is 0. The maximum absolute atomic E-state index is 11.5. The molecule has 0 atom stereocenters. The quantitative estimate of drug-likeness (QED) is 0.682. The molecule has 1 aliphatic rings. The number of nitrogens with one attached hydrogen (secondary N) is 2. The molecule has 0 aromatic carbocycles. The molecule has 2 heterocycles. The number of aromatic nitrogens is 1. The molecule has 4 heteroatoms. The largest absolute Gasteiger partial charge is 0.363 e. The standard InChI is InChI=1S/C8H9IN2O/c9-6-4-11-7-1-2-10-3-5(7)8(6)12/h4,10H,1-3H2,(H,11,12). The van der Waals surface area contributed by atoms with Crippen molar-refractivity contribution in [2.75, 3.05) is 6.54 Å². The van der Waals surface area contributed by atoms with Gasteiger partial charge in [-0.25, -0.2) is 0 Å². The van der Waals surface area contributed by atoms with E-state index in [0.29, 0.717) is 6.54 Å². The van der Waals surface area contributed by atoms with Crippen molar-refractivity contribution in [1.82, 2.24) is 10.3 Å². The molecule has 3 nitrogen and oxygen atoms in total. The highest BCUT2D eigenvalue weighted by Gasteiger charge is 2.13. The normalized spacial score (nSPS) is 15.8. The van der Waals surface area contributed by atoms with Crippen molar-refractivity contribution in [3.05, 3.63) is 31.2 Å². The molecule has 0 radical (unpaired) electrons. The van der Waals surface area contributed by atoms with Crippen molar-refractivity contribution < 1.29 is 0 Å². The van der Waals surface area contributed by atoms with Crippen LogP contribution in [0.4, 0.5) is 0 Å². The zero-order valence-corrected chi connectivity index (χ0v) is 8.64. The number of aromatic amines is 1. The summed E-state index contributed by atoms with van der Waals surface area (Å²) >= 11 is 2.06. The minimum atomic E-state index is 0.177. The molecule has 2 N–H and O–H groups in total. The molecule has 64 valence electrons. The Balaban J connectivity index is 2.62. The maximum Gasteiger partial charge on any atom is 0.199 e. The Kier molecular flexibility index (Phi) is 2.18. The van der Waals surface area contributed by atoms with Crippen molar-refractivity contribution in [3.8, 4) is 0 Å². The van der Waals surface area contributed by atoms with E-state index in [2.05, 4.69) is 32.9 Å². The van der Waals surface area contributed by atoms with Gasteiger partial charge in [-0.15, -0.1) is 0 Å². The van der Waals surface area contributed by atoms with Gasteiger partial charge in [0.2, 0.25) is 0 Å². The van der Waals surface area contributed by atoms with Gasteiger partial charge < -0.3 is 10.3 Å². The van der Waals surface area contributed by atoms with Gasteiger partial charge in [0.1, 0.15) is 0 Å². The molecule has 1 aliphatic heterocycles. The Morgan fingerprint density at radius 2 is 2.33 bits per heavy atom. The summed E-state index contributed by atoms with van der Waals surface area (Å²) in [6.45, 7) is 1.67. The Morgan fingerprint density at radius 1 is 1.50 bits per heavy atom. The first kappa shape index (κ1) is 8.25. The van der Waals surface area contributed by atoms with E-state index in [-0.39, 0.29) is 5.43 Å². The van der Waals surface area contributed by atoms with Gasteiger partial charge in [-0.3, -0.25) is 4.79 Å². The summed E-state index contributed by atoms with van der Waals surface area (Å²) in [6, 6.07) is 0. The van der Waals surface area contributed by atoms with E-state index in [1.807, 2.05) is 0 Å². The molecule has 0 unspecified atom stereocenters. The molecule has 0 amide bonds. The molecule has 0 fully saturated rings. The molecule has 1 aromatic heterocycles. The van der Waals surface area contributed by atoms with Crippen LogP contribution < -0.4 is 10.7 Å². The van der Waals surface area contributed by atoms with Crippen LogP contribution in [0.1, 0.15) is 11.3 Å². The first-order valence-corrected chi connectivity index (χ1v) is 4.96. The van der Waals surface area contributed by atoms with Crippen molar-refractivity contribution in [1.29, 1.82) is 0 Å². The van der Waals surface area contributed by atoms with E-state index in [1.54, 1.807) is 6.20 Å². The lowest BCUT2D eigenvalue weighted by molar-refractivity contribution is 0.625. The van der Waals surface area contributed by atoms with E-state index in [9.17, 15) is 4.79 Å². The van der Waals surface area contributed by atoms with Gasteiger partial charge in [0.15, 0.2) is 5.43 Å². The average molecular weight is 276 g/mol. The Bertz CT molecular complexity index is 359. The minimum absolute atomic E-state index is 0.177. The lowest BCUT2D eigenvalue weighted by atomic mass is 10.1. The number of pyridine rings is 1. The fourth-order valence-corrected chi connectivity index (χ4v) is 1.90.